The second-order valence-corrected chi connectivity index (χ2v) is 10.1. The molecule has 0 aliphatic carbocycles. The SMILES string of the molecule is COc1ccc(/C=N/N(C)[P+](=S)Oc2ccc(CP(=O)(OC)OC)cc2)cc1. The van der Waals surface area contributed by atoms with Gasteiger partial charge < -0.3 is 13.8 Å². The van der Waals surface area contributed by atoms with Gasteiger partial charge in [-0.2, -0.15) is 0 Å². The lowest BCUT2D eigenvalue weighted by molar-refractivity contribution is 0.275. The van der Waals surface area contributed by atoms with Crippen LogP contribution < -0.4 is 9.26 Å². The Hall–Kier alpha value is -1.82. The number of hydrazone groups is 1. The Kier molecular flexibility index (Phi) is 8.55. The van der Waals surface area contributed by atoms with Crippen molar-refractivity contribution in [1.82, 2.24) is 4.78 Å². The highest BCUT2D eigenvalue weighted by Gasteiger charge is 2.23. The van der Waals surface area contributed by atoms with Gasteiger partial charge in [0.05, 0.1) is 26.5 Å². The highest BCUT2D eigenvalue weighted by atomic mass is 32.4. The molecule has 2 aromatic carbocycles. The number of rotatable bonds is 10. The molecule has 28 heavy (non-hydrogen) atoms. The summed E-state index contributed by atoms with van der Waals surface area (Å²) in [4.78, 5) is 0. The van der Waals surface area contributed by atoms with E-state index < -0.39 is 14.7 Å². The number of benzene rings is 2. The zero-order valence-electron chi connectivity index (χ0n) is 16.1. The fraction of sp³-hybridized carbons (Fsp3) is 0.278. The quantitative estimate of drug-likeness (QED) is 0.298. The third-order valence-electron chi connectivity index (χ3n) is 3.77. The van der Waals surface area contributed by atoms with E-state index in [-0.39, 0.29) is 6.16 Å². The Bertz CT molecular complexity index is 851. The first-order chi connectivity index (χ1) is 13.4. The Morgan fingerprint density at radius 2 is 1.61 bits per heavy atom. The molecule has 7 nitrogen and oxygen atoms in total. The van der Waals surface area contributed by atoms with Crippen LogP contribution in [0.5, 0.6) is 11.5 Å². The minimum atomic E-state index is -3.10. The van der Waals surface area contributed by atoms with Crippen molar-refractivity contribution in [2.24, 2.45) is 5.10 Å². The van der Waals surface area contributed by atoms with Gasteiger partial charge in [0.2, 0.25) is 11.8 Å². The van der Waals surface area contributed by atoms with E-state index in [0.717, 1.165) is 16.9 Å². The van der Waals surface area contributed by atoms with Crippen LogP contribution >= 0.6 is 14.7 Å². The summed E-state index contributed by atoms with van der Waals surface area (Å²) >= 11 is 5.41. The number of hydrogen-bond acceptors (Lipinski definition) is 7. The molecular weight excluding hydrogens is 418 g/mol. The molecule has 0 bridgehead atoms. The molecule has 2 rings (SSSR count). The lowest BCUT2D eigenvalue weighted by atomic mass is 10.2. The normalized spacial score (nSPS) is 12.1. The molecule has 1 atom stereocenters. The highest BCUT2D eigenvalue weighted by Crippen LogP contribution is 2.49. The minimum absolute atomic E-state index is 0.189. The van der Waals surface area contributed by atoms with Crippen molar-refractivity contribution in [2.75, 3.05) is 28.4 Å². The van der Waals surface area contributed by atoms with E-state index in [9.17, 15) is 4.57 Å². The molecule has 1 unspecified atom stereocenters. The number of nitrogens with zero attached hydrogens (tertiary/aromatic N) is 2. The van der Waals surface area contributed by atoms with Crippen molar-refractivity contribution in [2.45, 2.75) is 6.16 Å². The van der Waals surface area contributed by atoms with Crippen LogP contribution in [-0.4, -0.2) is 39.4 Å². The van der Waals surface area contributed by atoms with Crippen LogP contribution in [0.3, 0.4) is 0 Å². The summed E-state index contributed by atoms with van der Waals surface area (Å²) in [5, 5.41) is 4.33. The van der Waals surface area contributed by atoms with Gasteiger partial charge in [-0.3, -0.25) is 9.09 Å². The third kappa shape index (κ3) is 6.66. The number of methoxy groups -OCH3 is 1. The second-order valence-electron chi connectivity index (χ2n) is 5.61. The van der Waals surface area contributed by atoms with Crippen molar-refractivity contribution < 1.29 is 22.9 Å². The summed E-state index contributed by atoms with van der Waals surface area (Å²) in [5.41, 5.74) is 1.75. The van der Waals surface area contributed by atoms with Gasteiger partial charge in [-0.1, -0.05) is 16.9 Å². The molecule has 0 aromatic heterocycles. The van der Waals surface area contributed by atoms with Gasteiger partial charge in [0, 0.05) is 14.2 Å². The molecule has 0 saturated heterocycles. The van der Waals surface area contributed by atoms with Crippen LogP contribution in [0.4, 0.5) is 0 Å². The van der Waals surface area contributed by atoms with E-state index in [1.165, 1.54) is 14.2 Å². The average Bonchev–Trinajstić information content (AvgIpc) is 2.73. The maximum atomic E-state index is 12.2. The monoisotopic (exact) mass is 441 g/mol. The Labute approximate surface area is 171 Å². The molecule has 0 aliphatic rings. The van der Waals surface area contributed by atoms with Crippen molar-refractivity contribution >= 4 is 32.7 Å². The first-order valence-corrected chi connectivity index (χ1v) is 12.2. The summed E-state index contributed by atoms with van der Waals surface area (Å²) in [7, 11) is 1.65. The lowest BCUT2D eigenvalue weighted by Gasteiger charge is -2.13. The van der Waals surface area contributed by atoms with E-state index in [1.54, 1.807) is 49.4 Å². The van der Waals surface area contributed by atoms with Gasteiger partial charge >= 0.3 is 14.7 Å². The Morgan fingerprint density at radius 1 is 1.04 bits per heavy atom. The third-order valence-corrected chi connectivity index (χ3v) is 7.51. The molecule has 0 saturated carbocycles. The maximum absolute atomic E-state index is 12.2. The molecule has 2 aromatic rings. The summed E-state index contributed by atoms with van der Waals surface area (Å²) in [6, 6.07) is 14.7. The molecule has 10 heteroatoms. The summed E-state index contributed by atoms with van der Waals surface area (Å²) < 4.78 is 34.6. The summed E-state index contributed by atoms with van der Waals surface area (Å²) in [6.07, 6.45) is 1.90. The van der Waals surface area contributed by atoms with Crippen molar-refractivity contribution in [1.29, 1.82) is 0 Å². The molecule has 0 radical (unpaired) electrons. The first-order valence-electron chi connectivity index (χ1n) is 8.25. The van der Waals surface area contributed by atoms with Gasteiger partial charge in [-0.05, 0) is 47.5 Å². The van der Waals surface area contributed by atoms with Crippen LogP contribution in [-0.2, 0) is 31.6 Å². The molecule has 0 spiro atoms. The predicted molar refractivity (Wildman–Crippen MR) is 115 cm³/mol. The van der Waals surface area contributed by atoms with Crippen LogP contribution in [0.15, 0.2) is 53.6 Å². The van der Waals surface area contributed by atoms with Gasteiger partial charge in [0.25, 0.3) is 0 Å². The van der Waals surface area contributed by atoms with E-state index in [0.29, 0.717) is 5.75 Å². The molecular formula is C18H23N2O5P2S+. The molecule has 0 amide bonds. The topological polar surface area (TPSA) is 69.6 Å². The van der Waals surface area contributed by atoms with Gasteiger partial charge in [0.1, 0.15) is 5.75 Å². The van der Waals surface area contributed by atoms with Crippen LogP contribution in [0, 0.1) is 0 Å². The average molecular weight is 441 g/mol. The fourth-order valence-electron chi connectivity index (χ4n) is 2.11. The van der Waals surface area contributed by atoms with E-state index in [4.69, 9.17) is 30.1 Å². The second kappa shape index (κ2) is 10.6. The van der Waals surface area contributed by atoms with E-state index >= 15 is 0 Å². The Morgan fingerprint density at radius 3 is 2.14 bits per heavy atom. The standard InChI is InChI=1S/C18H23N2O5P2S/c1-20(19-13-15-5-9-17(22-2)10-6-15)26(28)25-18-11-7-16(8-12-18)14-27(21,23-3)24-4/h5-13H,14H2,1-4H3/q+1/b19-13+. The van der Waals surface area contributed by atoms with Crippen molar-refractivity contribution in [3.8, 4) is 11.5 Å². The van der Waals surface area contributed by atoms with Crippen molar-refractivity contribution in [3.05, 3.63) is 59.7 Å². The summed E-state index contributed by atoms with van der Waals surface area (Å²) in [6.45, 7) is 0. The minimum Gasteiger partial charge on any atom is -0.497 e. The van der Waals surface area contributed by atoms with Crippen LogP contribution in [0.2, 0.25) is 0 Å². The predicted octanol–water partition coefficient (Wildman–Crippen LogP) is 4.80. The zero-order chi connectivity index (χ0) is 20.6. The van der Waals surface area contributed by atoms with Crippen molar-refractivity contribution in [3.63, 3.8) is 0 Å². The van der Waals surface area contributed by atoms with Gasteiger partial charge in [-0.15, -0.1) is 5.10 Å². The largest absolute Gasteiger partial charge is 0.540 e. The zero-order valence-corrected chi connectivity index (χ0v) is 18.7. The summed E-state index contributed by atoms with van der Waals surface area (Å²) in [5.74, 6) is 1.40. The highest BCUT2D eigenvalue weighted by molar-refractivity contribution is 8.02. The molecule has 0 N–H and O–H groups in total. The Balaban J connectivity index is 1.94. The van der Waals surface area contributed by atoms with E-state index in [1.807, 2.05) is 24.3 Å². The van der Waals surface area contributed by atoms with Crippen LogP contribution in [0.25, 0.3) is 0 Å². The molecule has 150 valence electrons. The maximum Gasteiger partial charge on any atom is 0.540 e. The number of hydrogen-bond donors (Lipinski definition) is 0. The van der Waals surface area contributed by atoms with Gasteiger partial charge in [0.15, 0.2) is 5.75 Å². The molecule has 0 heterocycles. The van der Waals surface area contributed by atoms with Crippen LogP contribution in [0.1, 0.15) is 11.1 Å². The molecule has 0 aliphatic heterocycles. The molecule has 0 fully saturated rings. The smallest absolute Gasteiger partial charge is 0.497 e. The first kappa shape index (κ1) is 22.5. The van der Waals surface area contributed by atoms with Gasteiger partial charge in [-0.25, -0.2) is 0 Å². The number of ether oxygens (including phenoxy) is 1. The fourth-order valence-corrected chi connectivity index (χ4v) is 4.12. The lowest BCUT2D eigenvalue weighted by Crippen LogP contribution is -2.03. The van der Waals surface area contributed by atoms with E-state index in [2.05, 4.69) is 5.10 Å².